The molecule has 3 aromatic rings. The number of benzene rings is 1. The van der Waals surface area contributed by atoms with Crippen molar-refractivity contribution in [3.05, 3.63) is 30.5 Å². The lowest BCUT2D eigenvalue weighted by Gasteiger charge is -2.46. The maximum absolute atomic E-state index is 12.2. The molecule has 0 spiro atoms. The lowest BCUT2D eigenvalue weighted by molar-refractivity contribution is 0.0248. The number of nitrogens with two attached hydrogens (primary N) is 1. The third kappa shape index (κ3) is 4.38. The Labute approximate surface area is 204 Å². The van der Waals surface area contributed by atoms with E-state index in [1.54, 1.807) is 4.90 Å². The van der Waals surface area contributed by atoms with Crippen LogP contribution in [-0.4, -0.2) is 74.7 Å². The molecule has 0 saturated carbocycles. The first-order chi connectivity index (χ1) is 16.7. The Morgan fingerprint density at radius 2 is 1.83 bits per heavy atom. The molecule has 2 aliphatic heterocycles. The van der Waals surface area contributed by atoms with Gasteiger partial charge in [0.05, 0.1) is 36.9 Å². The molecule has 35 heavy (non-hydrogen) atoms. The Hall–Kier alpha value is -3.40. The predicted octanol–water partition coefficient (Wildman–Crippen LogP) is 3.64. The van der Waals surface area contributed by atoms with Crippen LogP contribution in [0.4, 0.5) is 16.3 Å². The first kappa shape index (κ1) is 23.3. The second kappa shape index (κ2) is 8.99. The van der Waals surface area contributed by atoms with E-state index in [-0.39, 0.29) is 17.5 Å². The van der Waals surface area contributed by atoms with Crippen LogP contribution in [0, 0.1) is 5.41 Å². The van der Waals surface area contributed by atoms with Crippen molar-refractivity contribution in [1.29, 1.82) is 0 Å². The van der Waals surface area contributed by atoms with Crippen LogP contribution in [0.3, 0.4) is 0 Å². The maximum atomic E-state index is 12.2. The van der Waals surface area contributed by atoms with E-state index in [2.05, 4.69) is 25.7 Å². The molecule has 2 aromatic heterocycles. The highest BCUT2D eigenvalue weighted by atomic mass is 16.5. The van der Waals surface area contributed by atoms with E-state index in [1.807, 2.05) is 35.1 Å². The molecule has 0 radical (unpaired) electrons. The average molecular weight is 480 g/mol. The summed E-state index contributed by atoms with van der Waals surface area (Å²) >= 11 is 0. The number of likely N-dealkylation sites (tertiary alicyclic amines) is 1. The van der Waals surface area contributed by atoms with Crippen LogP contribution in [0.25, 0.3) is 22.4 Å². The minimum Gasteiger partial charge on any atom is -0.465 e. The standard InChI is InChI=1S/C25H33N7O3/c1-25(2,3)20-19(5-4-10-31(20)24(33)34)32-23-18(15-27-32)22(30-11-13-35-14-12-30)28-21(29-23)16-6-8-17(26)9-7-16/h6-9,15,19-20H,4-5,10-14,26H2,1-3H3,(H,33,34)/t19-,20?/m1/s1. The quantitative estimate of drug-likeness (QED) is 0.546. The number of fused-ring (bicyclic) bond motifs is 1. The number of anilines is 2. The van der Waals surface area contributed by atoms with Gasteiger partial charge in [0, 0.05) is 30.9 Å². The molecule has 186 valence electrons. The zero-order valence-electron chi connectivity index (χ0n) is 20.5. The van der Waals surface area contributed by atoms with E-state index in [0.29, 0.717) is 31.3 Å². The number of rotatable bonds is 3. The summed E-state index contributed by atoms with van der Waals surface area (Å²) in [5.41, 5.74) is 7.90. The van der Waals surface area contributed by atoms with Crippen LogP contribution in [0.5, 0.6) is 0 Å². The van der Waals surface area contributed by atoms with E-state index in [0.717, 1.165) is 48.3 Å². The Morgan fingerprint density at radius 3 is 2.49 bits per heavy atom. The summed E-state index contributed by atoms with van der Waals surface area (Å²) in [7, 11) is 0. The smallest absolute Gasteiger partial charge is 0.407 e. The zero-order chi connectivity index (χ0) is 24.7. The van der Waals surface area contributed by atoms with Crippen LogP contribution >= 0.6 is 0 Å². The van der Waals surface area contributed by atoms with Gasteiger partial charge in [0.1, 0.15) is 5.82 Å². The molecule has 10 heteroatoms. The summed E-state index contributed by atoms with van der Waals surface area (Å²) in [4.78, 5) is 25.9. The first-order valence-corrected chi connectivity index (χ1v) is 12.2. The normalized spacial score (nSPS) is 21.5. The molecule has 3 N–H and O–H groups in total. The van der Waals surface area contributed by atoms with Gasteiger partial charge in [-0.1, -0.05) is 20.8 Å². The number of nitrogens with zero attached hydrogens (tertiary/aromatic N) is 6. The third-order valence-electron chi connectivity index (χ3n) is 6.96. The molecule has 4 heterocycles. The zero-order valence-corrected chi connectivity index (χ0v) is 20.5. The summed E-state index contributed by atoms with van der Waals surface area (Å²) in [6, 6.07) is 7.16. The molecular formula is C25H33N7O3. The number of hydrogen-bond donors (Lipinski definition) is 2. The SMILES string of the molecule is CC(C)(C)C1[C@H](n2ncc3c(N4CCOCC4)nc(-c4ccc(N)cc4)nc32)CCCN1C(=O)O. The third-order valence-corrected chi connectivity index (χ3v) is 6.96. The van der Waals surface area contributed by atoms with Gasteiger partial charge in [0.15, 0.2) is 11.5 Å². The van der Waals surface area contributed by atoms with Gasteiger partial charge in [-0.15, -0.1) is 0 Å². The number of carboxylic acid groups (broad SMARTS) is 1. The van der Waals surface area contributed by atoms with Crippen LogP contribution in [0.15, 0.2) is 30.5 Å². The van der Waals surface area contributed by atoms with E-state index in [4.69, 9.17) is 25.5 Å². The van der Waals surface area contributed by atoms with Gasteiger partial charge < -0.3 is 25.4 Å². The van der Waals surface area contributed by atoms with Crippen LogP contribution in [0.2, 0.25) is 0 Å². The largest absolute Gasteiger partial charge is 0.465 e. The van der Waals surface area contributed by atoms with Gasteiger partial charge >= 0.3 is 6.09 Å². The molecule has 0 aliphatic carbocycles. The summed E-state index contributed by atoms with van der Waals surface area (Å²) < 4.78 is 7.50. The van der Waals surface area contributed by atoms with Gasteiger partial charge in [-0.25, -0.2) is 19.4 Å². The Bertz CT molecular complexity index is 1210. The summed E-state index contributed by atoms with van der Waals surface area (Å²) in [6.07, 6.45) is 2.54. The molecule has 2 aliphatic rings. The Kier molecular flexibility index (Phi) is 6.00. The minimum absolute atomic E-state index is 0.135. The molecule has 1 aromatic carbocycles. The highest BCUT2D eigenvalue weighted by Crippen LogP contribution is 2.40. The number of carbonyl (C=O) groups is 1. The molecule has 1 unspecified atom stereocenters. The second-order valence-corrected chi connectivity index (χ2v) is 10.4. The molecule has 0 bridgehead atoms. The monoisotopic (exact) mass is 479 g/mol. The predicted molar refractivity (Wildman–Crippen MR) is 134 cm³/mol. The van der Waals surface area contributed by atoms with Crippen LogP contribution in [-0.2, 0) is 4.74 Å². The fraction of sp³-hybridized carbons (Fsp3) is 0.520. The number of nitrogen functional groups attached to an aromatic ring is 1. The van der Waals surface area contributed by atoms with Crippen molar-refractivity contribution in [3.63, 3.8) is 0 Å². The number of piperidine rings is 1. The van der Waals surface area contributed by atoms with Gasteiger partial charge in [0.2, 0.25) is 0 Å². The van der Waals surface area contributed by atoms with Crippen molar-refractivity contribution in [3.8, 4) is 11.4 Å². The maximum Gasteiger partial charge on any atom is 0.407 e. The van der Waals surface area contributed by atoms with Crippen molar-refractivity contribution in [2.75, 3.05) is 43.5 Å². The van der Waals surface area contributed by atoms with Gasteiger partial charge in [-0.2, -0.15) is 5.10 Å². The molecule has 1 amide bonds. The fourth-order valence-corrected chi connectivity index (χ4v) is 5.42. The van der Waals surface area contributed by atoms with Gasteiger partial charge in [-0.05, 0) is 42.5 Å². The molecule has 2 fully saturated rings. The van der Waals surface area contributed by atoms with Crippen LogP contribution < -0.4 is 10.6 Å². The molecule has 5 rings (SSSR count). The lowest BCUT2D eigenvalue weighted by Crippen LogP contribution is -2.54. The Morgan fingerprint density at radius 1 is 1.11 bits per heavy atom. The van der Waals surface area contributed by atoms with Gasteiger partial charge in [0.25, 0.3) is 0 Å². The first-order valence-electron chi connectivity index (χ1n) is 12.2. The van der Waals surface area contributed by atoms with Crippen molar-refractivity contribution in [2.24, 2.45) is 5.41 Å². The lowest BCUT2D eigenvalue weighted by atomic mass is 9.77. The van der Waals surface area contributed by atoms with Crippen LogP contribution in [0.1, 0.15) is 39.7 Å². The number of ether oxygens (including phenoxy) is 1. The second-order valence-electron chi connectivity index (χ2n) is 10.4. The van der Waals surface area contributed by atoms with E-state index in [1.165, 1.54) is 0 Å². The minimum atomic E-state index is -0.891. The Balaban J connectivity index is 1.68. The summed E-state index contributed by atoms with van der Waals surface area (Å²) in [5.74, 6) is 1.42. The molecule has 2 atom stereocenters. The van der Waals surface area contributed by atoms with E-state index < -0.39 is 6.09 Å². The topological polar surface area (TPSA) is 123 Å². The molecule has 10 nitrogen and oxygen atoms in total. The average Bonchev–Trinajstić information content (AvgIpc) is 3.27. The van der Waals surface area contributed by atoms with Crippen molar-refractivity contribution < 1.29 is 14.6 Å². The summed E-state index contributed by atoms with van der Waals surface area (Å²) in [5, 5.41) is 15.6. The highest BCUT2D eigenvalue weighted by Gasteiger charge is 2.43. The fourth-order valence-electron chi connectivity index (χ4n) is 5.42. The van der Waals surface area contributed by atoms with Crippen molar-refractivity contribution in [2.45, 2.75) is 45.7 Å². The number of aromatic nitrogens is 4. The number of hydrogen-bond acceptors (Lipinski definition) is 7. The number of amides is 1. The summed E-state index contributed by atoms with van der Waals surface area (Å²) in [6.45, 7) is 9.54. The number of morpholine rings is 1. The molecule has 2 saturated heterocycles. The highest BCUT2D eigenvalue weighted by molar-refractivity contribution is 5.89. The van der Waals surface area contributed by atoms with Gasteiger partial charge in [-0.3, -0.25) is 0 Å². The van der Waals surface area contributed by atoms with Crippen molar-refractivity contribution in [1.82, 2.24) is 24.6 Å². The molecular weight excluding hydrogens is 446 g/mol. The van der Waals surface area contributed by atoms with E-state index in [9.17, 15) is 9.90 Å². The van der Waals surface area contributed by atoms with Crippen molar-refractivity contribution >= 4 is 28.6 Å². The van der Waals surface area contributed by atoms with E-state index >= 15 is 0 Å².